The normalized spacial score (nSPS) is 19.5. The van der Waals surface area contributed by atoms with Crippen molar-refractivity contribution >= 4 is 22.8 Å². The van der Waals surface area contributed by atoms with E-state index >= 15 is 0 Å². The number of nitrogens with zero attached hydrogens (tertiary/aromatic N) is 1. The highest BCUT2D eigenvalue weighted by molar-refractivity contribution is 5.88. The molecule has 1 amide bonds. The topological polar surface area (TPSA) is 76.8 Å². The summed E-state index contributed by atoms with van der Waals surface area (Å²) in [7, 11) is 0. The largest absolute Gasteiger partial charge is 0.459 e. The van der Waals surface area contributed by atoms with Crippen molar-refractivity contribution in [3.05, 3.63) is 45.3 Å². The Morgan fingerprint density at radius 2 is 2.00 bits per heavy atom. The summed E-state index contributed by atoms with van der Waals surface area (Å²) in [5, 5.41) is 0.767. The lowest BCUT2D eigenvalue weighted by molar-refractivity contribution is -0.154. The first kappa shape index (κ1) is 17.8. The van der Waals surface area contributed by atoms with E-state index in [9.17, 15) is 14.4 Å². The zero-order valence-electron chi connectivity index (χ0n) is 15.6. The van der Waals surface area contributed by atoms with Crippen LogP contribution >= 0.6 is 0 Å². The molecule has 1 atom stereocenters. The summed E-state index contributed by atoms with van der Waals surface area (Å²) >= 11 is 0. The minimum absolute atomic E-state index is 0.00854. The molecule has 1 aromatic heterocycles. The molecule has 0 bridgehead atoms. The van der Waals surface area contributed by atoms with Crippen molar-refractivity contribution in [1.29, 1.82) is 0 Å². The highest BCUT2D eigenvalue weighted by Crippen LogP contribution is 2.34. The Kier molecular flexibility index (Phi) is 4.50. The summed E-state index contributed by atoms with van der Waals surface area (Å²) in [5.41, 5.74) is 2.61. The fourth-order valence-electron chi connectivity index (χ4n) is 3.73. The Morgan fingerprint density at radius 3 is 2.74 bits per heavy atom. The number of hydrogen-bond donors (Lipinski definition) is 0. The van der Waals surface area contributed by atoms with Gasteiger partial charge in [-0.1, -0.05) is 12.1 Å². The van der Waals surface area contributed by atoms with Gasteiger partial charge in [0.2, 0.25) is 5.91 Å². The highest BCUT2D eigenvalue weighted by atomic mass is 16.5. The maximum absolute atomic E-state index is 12.6. The number of fused-ring (bicyclic) bond motifs is 1. The highest BCUT2D eigenvalue weighted by Gasteiger charge is 2.41. The van der Waals surface area contributed by atoms with Crippen molar-refractivity contribution in [2.75, 3.05) is 6.54 Å². The zero-order chi connectivity index (χ0) is 19.1. The quantitative estimate of drug-likeness (QED) is 0.612. The molecule has 6 nitrogen and oxygen atoms in total. The molecule has 2 aliphatic rings. The van der Waals surface area contributed by atoms with Gasteiger partial charge in [-0.15, -0.1) is 0 Å². The molecule has 1 saturated heterocycles. The molecule has 4 rings (SSSR count). The van der Waals surface area contributed by atoms with Crippen LogP contribution in [0.4, 0.5) is 0 Å². The van der Waals surface area contributed by atoms with Crippen molar-refractivity contribution in [1.82, 2.24) is 4.90 Å². The summed E-state index contributed by atoms with van der Waals surface area (Å²) in [6, 6.07) is 4.69. The van der Waals surface area contributed by atoms with E-state index in [1.807, 2.05) is 26.0 Å². The van der Waals surface area contributed by atoms with Gasteiger partial charge in [0.05, 0.1) is 0 Å². The van der Waals surface area contributed by atoms with E-state index in [1.54, 1.807) is 4.90 Å². The molecule has 0 N–H and O–H groups in total. The maximum Gasteiger partial charge on any atom is 0.336 e. The van der Waals surface area contributed by atoms with E-state index in [4.69, 9.17) is 9.15 Å². The van der Waals surface area contributed by atoms with Gasteiger partial charge in [-0.2, -0.15) is 0 Å². The van der Waals surface area contributed by atoms with Crippen LogP contribution in [0.5, 0.6) is 0 Å². The Labute approximate surface area is 157 Å². The van der Waals surface area contributed by atoms with Gasteiger partial charge in [0.15, 0.2) is 0 Å². The number of carbonyl (C=O) groups excluding carboxylic acids is 2. The molecule has 6 heteroatoms. The lowest BCUT2D eigenvalue weighted by atomic mass is 10.0. The predicted octanol–water partition coefficient (Wildman–Crippen LogP) is 2.85. The Bertz CT molecular complexity index is 972. The number of esters is 1. The second-order valence-corrected chi connectivity index (χ2v) is 7.55. The number of amides is 1. The third-order valence-electron chi connectivity index (χ3n) is 5.62. The van der Waals surface area contributed by atoms with Gasteiger partial charge in [0.1, 0.15) is 18.2 Å². The van der Waals surface area contributed by atoms with Crippen molar-refractivity contribution < 1.29 is 18.7 Å². The molecule has 27 heavy (non-hydrogen) atoms. The Hall–Kier alpha value is -2.63. The first-order chi connectivity index (χ1) is 13.0. The van der Waals surface area contributed by atoms with Gasteiger partial charge < -0.3 is 14.1 Å². The van der Waals surface area contributed by atoms with E-state index in [2.05, 4.69) is 0 Å². The minimum Gasteiger partial charge on any atom is -0.459 e. The number of aryl methyl sites for hydroxylation is 2. The third-order valence-corrected chi connectivity index (χ3v) is 5.62. The lowest BCUT2D eigenvalue weighted by Crippen LogP contribution is -2.42. The molecular formula is C21H23NO5. The smallest absolute Gasteiger partial charge is 0.336 e. The van der Waals surface area contributed by atoms with Crippen LogP contribution in [0, 0.1) is 19.8 Å². The third kappa shape index (κ3) is 3.36. The van der Waals surface area contributed by atoms with Crippen molar-refractivity contribution in [2.24, 2.45) is 5.92 Å². The molecule has 1 aliphatic heterocycles. The van der Waals surface area contributed by atoms with Gasteiger partial charge in [0, 0.05) is 29.5 Å². The summed E-state index contributed by atoms with van der Waals surface area (Å²) < 4.78 is 10.9. The van der Waals surface area contributed by atoms with E-state index < -0.39 is 17.6 Å². The lowest BCUT2D eigenvalue weighted by Gasteiger charge is -2.23. The molecule has 2 heterocycles. The van der Waals surface area contributed by atoms with Crippen molar-refractivity contribution in [2.45, 2.75) is 52.2 Å². The molecule has 2 fully saturated rings. The number of rotatable bonds is 4. The van der Waals surface area contributed by atoms with Crippen molar-refractivity contribution in [3.8, 4) is 0 Å². The molecule has 0 radical (unpaired) electrons. The summed E-state index contributed by atoms with van der Waals surface area (Å²) in [6.45, 7) is 4.46. The average molecular weight is 369 g/mol. The monoisotopic (exact) mass is 369 g/mol. The Morgan fingerprint density at radius 1 is 1.22 bits per heavy atom. The first-order valence-electron chi connectivity index (χ1n) is 9.46. The van der Waals surface area contributed by atoms with E-state index in [0.29, 0.717) is 24.1 Å². The van der Waals surface area contributed by atoms with Crippen LogP contribution in [-0.4, -0.2) is 29.4 Å². The van der Waals surface area contributed by atoms with Gasteiger partial charge in [0.25, 0.3) is 0 Å². The first-order valence-corrected chi connectivity index (χ1v) is 9.46. The van der Waals surface area contributed by atoms with E-state index in [0.717, 1.165) is 35.8 Å². The van der Waals surface area contributed by atoms with Crippen molar-refractivity contribution in [3.63, 3.8) is 0 Å². The SMILES string of the molecule is Cc1ccc2c(COC(=O)[C@@H]3CCCN3C(=O)C3CC3)cc(=O)oc2c1C. The summed E-state index contributed by atoms with van der Waals surface area (Å²) in [4.78, 5) is 38.6. The van der Waals surface area contributed by atoms with Gasteiger partial charge in [-0.25, -0.2) is 9.59 Å². The van der Waals surface area contributed by atoms with Gasteiger partial charge in [-0.3, -0.25) is 4.79 Å². The van der Waals surface area contributed by atoms with E-state index in [-0.39, 0.29) is 18.4 Å². The number of hydrogen-bond acceptors (Lipinski definition) is 5. The molecule has 2 aromatic rings. The second kappa shape index (κ2) is 6.83. The fraction of sp³-hybridized carbons (Fsp3) is 0.476. The summed E-state index contributed by atoms with van der Waals surface area (Å²) in [5.74, 6) is -0.231. The van der Waals surface area contributed by atoms with Crippen LogP contribution in [0.2, 0.25) is 0 Å². The average Bonchev–Trinajstić information content (AvgIpc) is 3.38. The summed E-state index contributed by atoms with van der Waals surface area (Å²) in [6.07, 6.45) is 3.28. The molecular weight excluding hydrogens is 346 g/mol. The number of ether oxygens (including phenoxy) is 1. The van der Waals surface area contributed by atoms with Gasteiger partial charge in [-0.05, 0) is 50.7 Å². The molecule has 1 aliphatic carbocycles. The maximum atomic E-state index is 12.6. The number of benzene rings is 1. The Balaban J connectivity index is 1.53. The number of likely N-dealkylation sites (tertiary alicyclic amines) is 1. The van der Waals surface area contributed by atoms with Crippen LogP contribution in [0.25, 0.3) is 11.0 Å². The minimum atomic E-state index is -0.506. The van der Waals surface area contributed by atoms with Crippen LogP contribution in [0.3, 0.4) is 0 Å². The number of carbonyl (C=O) groups is 2. The predicted molar refractivity (Wildman–Crippen MR) is 99.2 cm³/mol. The van der Waals surface area contributed by atoms with Gasteiger partial charge >= 0.3 is 11.6 Å². The van der Waals surface area contributed by atoms with Crippen LogP contribution < -0.4 is 5.63 Å². The molecule has 0 unspecified atom stereocenters. The molecule has 1 aromatic carbocycles. The molecule has 1 saturated carbocycles. The molecule has 142 valence electrons. The fourth-order valence-corrected chi connectivity index (χ4v) is 3.73. The molecule has 0 spiro atoms. The standard InChI is InChI=1S/C21H23NO5/c1-12-5-8-16-15(10-18(23)27-19(16)13(12)2)11-26-21(25)17-4-3-9-22(17)20(24)14-6-7-14/h5,8,10,14,17H,3-4,6-7,9,11H2,1-2H3/t17-/m0/s1. The van der Waals surface area contributed by atoms with Crippen LogP contribution in [-0.2, 0) is 20.9 Å². The van der Waals surface area contributed by atoms with Crippen LogP contribution in [0.1, 0.15) is 42.4 Å². The van der Waals surface area contributed by atoms with E-state index in [1.165, 1.54) is 6.07 Å². The second-order valence-electron chi connectivity index (χ2n) is 7.55. The van der Waals surface area contributed by atoms with Crippen LogP contribution in [0.15, 0.2) is 27.4 Å². The zero-order valence-corrected chi connectivity index (χ0v) is 15.6.